The molecule has 0 saturated heterocycles. The van der Waals surface area contributed by atoms with Gasteiger partial charge in [0, 0.05) is 17.9 Å². The Morgan fingerprint density at radius 3 is 2.33 bits per heavy atom. The molecular formula is C21H31N3O2S. The van der Waals surface area contributed by atoms with Crippen molar-refractivity contribution < 1.29 is 9.53 Å². The Morgan fingerprint density at radius 2 is 1.81 bits per heavy atom. The molecule has 1 amide bonds. The molecule has 1 unspecified atom stereocenters. The molecule has 0 aliphatic heterocycles. The molecule has 1 aromatic heterocycles. The van der Waals surface area contributed by atoms with Crippen LogP contribution in [0.2, 0.25) is 0 Å². The quantitative estimate of drug-likeness (QED) is 0.651. The number of nitrogens with one attached hydrogen (secondary N) is 1. The lowest BCUT2D eigenvalue weighted by molar-refractivity contribution is -0.116. The Bertz CT molecular complexity index is 766. The van der Waals surface area contributed by atoms with Gasteiger partial charge in [-0.15, -0.1) is 0 Å². The molecule has 6 heteroatoms. The maximum absolute atomic E-state index is 12.9. The van der Waals surface area contributed by atoms with Gasteiger partial charge in [0.1, 0.15) is 5.75 Å². The summed E-state index contributed by atoms with van der Waals surface area (Å²) >= 11 is 1.55. The number of benzene rings is 1. The number of nitrogens with zero attached hydrogens (tertiary/aromatic N) is 2. The molecule has 148 valence electrons. The third kappa shape index (κ3) is 5.51. The monoisotopic (exact) mass is 389 g/mol. The van der Waals surface area contributed by atoms with Gasteiger partial charge in [-0.1, -0.05) is 39.5 Å². The van der Waals surface area contributed by atoms with E-state index in [1.54, 1.807) is 18.9 Å². The second-order valence-corrected chi connectivity index (χ2v) is 8.68. The van der Waals surface area contributed by atoms with E-state index in [1.807, 2.05) is 31.2 Å². The van der Waals surface area contributed by atoms with Crippen LogP contribution < -0.4 is 10.1 Å². The lowest BCUT2D eigenvalue weighted by Crippen LogP contribution is -2.30. The predicted molar refractivity (Wildman–Crippen MR) is 113 cm³/mol. The number of carbonyl (C=O) groups is 1. The molecule has 0 radical (unpaired) electrons. The van der Waals surface area contributed by atoms with Gasteiger partial charge >= 0.3 is 0 Å². The molecule has 0 aliphatic carbocycles. The molecular weight excluding hydrogens is 358 g/mol. The zero-order valence-electron chi connectivity index (χ0n) is 17.4. The van der Waals surface area contributed by atoms with E-state index in [9.17, 15) is 4.79 Å². The first-order valence-corrected chi connectivity index (χ1v) is 10.3. The van der Waals surface area contributed by atoms with Crippen LogP contribution >= 0.6 is 11.8 Å². The maximum atomic E-state index is 12.9. The van der Waals surface area contributed by atoms with Crippen molar-refractivity contribution in [3.05, 3.63) is 35.7 Å². The van der Waals surface area contributed by atoms with Gasteiger partial charge in [-0.05, 0) is 49.9 Å². The maximum Gasteiger partial charge on any atom is 0.238 e. The van der Waals surface area contributed by atoms with E-state index in [4.69, 9.17) is 9.72 Å². The van der Waals surface area contributed by atoms with Crippen molar-refractivity contribution >= 4 is 23.4 Å². The number of carbonyl (C=O) groups excluding carboxylic acids is 1. The van der Waals surface area contributed by atoms with E-state index in [2.05, 4.69) is 44.5 Å². The molecule has 0 bridgehead atoms. The Balaban J connectivity index is 2.19. The number of imidazole rings is 1. The van der Waals surface area contributed by atoms with E-state index < -0.39 is 0 Å². The van der Waals surface area contributed by atoms with Crippen molar-refractivity contribution in [2.75, 3.05) is 12.4 Å². The Labute approximate surface area is 166 Å². The first kappa shape index (κ1) is 21.4. The van der Waals surface area contributed by atoms with Crippen molar-refractivity contribution in [1.29, 1.82) is 0 Å². The Morgan fingerprint density at radius 1 is 1.19 bits per heavy atom. The fourth-order valence-electron chi connectivity index (χ4n) is 2.79. The highest BCUT2D eigenvalue weighted by molar-refractivity contribution is 8.00. The van der Waals surface area contributed by atoms with Crippen LogP contribution in [0.15, 0.2) is 29.4 Å². The van der Waals surface area contributed by atoms with Gasteiger partial charge in [0.25, 0.3) is 0 Å². The van der Waals surface area contributed by atoms with E-state index in [0.717, 1.165) is 28.8 Å². The first-order chi connectivity index (χ1) is 12.7. The number of anilines is 1. The normalized spacial score (nSPS) is 12.5. The number of methoxy groups -OCH3 is 1. The summed E-state index contributed by atoms with van der Waals surface area (Å²) in [5.74, 6) is 1.46. The van der Waals surface area contributed by atoms with Crippen LogP contribution in [0, 0.1) is 25.7 Å². The van der Waals surface area contributed by atoms with Crippen LogP contribution in [0.25, 0.3) is 0 Å². The van der Waals surface area contributed by atoms with E-state index in [1.165, 1.54) is 5.69 Å². The van der Waals surface area contributed by atoms with Crippen LogP contribution in [0.5, 0.6) is 5.75 Å². The summed E-state index contributed by atoms with van der Waals surface area (Å²) in [5, 5.41) is 3.72. The zero-order chi connectivity index (χ0) is 20.1. The molecule has 27 heavy (non-hydrogen) atoms. The van der Waals surface area contributed by atoms with Crippen molar-refractivity contribution in [3.63, 3.8) is 0 Å². The van der Waals surface area contributed by atoms with Crippen LogP contribution in [0.4, 0.5) is 5.69 Å². The van der Waals surface area contributed by atoms with Crippen molar-refractivity contribution in [1.82, 2.24) is 9.55 Å². The van der Waals surface area contributed by atoms with Crippen LogP contribution in [-0.2, 0) is 11.3 Å². The van der Waals surface area contributed by atoms with E-state index in [0.29, 0.717) is 5.92 Å². The average Bonchev–Trinajstić information content (AvgIpc) is 2.87. The smallest absolute Gasteiger partial charge is 0.238 e. The van der Waals surface area contributed by atoms with Gasteiger partial charge < -0.3 is 14.6 Å². The largest absolute Gasteiger partial charge is 0.497 e. The fraction of sp³-hybridized carbons (Fsp3) is 0.524. The Kier molecular flexibility index (Phi) is 7.36. The predicted octanol–water partition coefficient (Wildman–Crippen LogP) is 4.92. The van der Waals surface area contributed by atoms with Gasteiger partial charge in [0.05, 0.1) is 18.1 Å². The van der Waals surface area contributed by atoms with E-state index in [-0.39, 0.29) is 17.1 Å². The van der Waals surface area contributed by atoms with Gasteiger partial charge in [-0.25, -0.2) is 4.98 Å². The third-order valence-corrected chi connectivity index (χ3v) is 5.96. The molecule has 0 aliphatic rings. The number of aryl methyl sites for hydroxylation is 1. The molecule has 2 aromatic rings. The van der Waals surface area contributed by atoms with Crippen molar-refractivity contribution in [2.24, 2.45) is 11.8 Å². The molecule has 0 spiro atoms. The summed E-state index contributed by atoms with van der Waals surface area (Å²) in [5.41, 5.74) is 2.96. The number of hydrogen-bond donors (Lipinski definition) is 1. The molecule has 1 atom stereocenters. The summed E-state index contributed by atoms with van der Waals surface area (Å²) < 4.78 is 7.41. The summed E-state index contributed by atoms with van der Waals surface area (Å²) in [6, 6.07) is 7.39. The minimum absolute atomic E-state index is 0.00503. The van der Waals surface area contributed by atoms with Gasteiger partial charge in [0.2, 0.25) is 5.91 Å². The number of hydrogen-bond acceptors (Lipinski definition) is 4. The van der Waals surface area contributed by atoms with Crippen LogP contribution in [-0.4, -0.2) is 27.8 Å². The number of ether oxygens (including phenoxy) is 1. The highest BCUT2D eigenvalue weighted by Gasteiger charge is 2.27. The number of amides is 1. The third-order valence-electron chi connectivity index (χ3n) is 4.42. The summed E-state index contributed by atoms with van der Waals surface area (Å²) in [6.07, 6.45) is 0. The lowest BCUT2D eigenvalue weighted by atomic mass is 10.1. The molecule has 0 saturated carbocycles. The second kappa shape index (κ2) is 9.31. The zero-order valence-corrected chi connectivity index (χ0v) is 18.2. The second-order valence-electron chi connectivity index (χ2n) is 7.57. The van der Waals surface area contributed by atoms with Crippen LogP contribution in [0.1, 0.15) is 39.1 Å². The summed E-state index contributed by atoms with van der Waals surface area (Å²) in [4.78, 5) is 17.7. The molecule has 1 N–H and O–H groups in total. The van der Waals surface area contributed by atoms with Crippen LogP contribution in [0.3, 0.4) is 0 Å². The molecule has 1 aromatic carbocycles. The topological polar surface area (TPSA) is 56.1 Å². The summed E-state index contributed by atoms with van der Waals surface area (Å²) in [6.45, 7) is 13.6. The molecule has 0 fully saturated rings. The fourth-order valence-corrected chi connectivity index (χ4v) is 3.98. The van der Waals surface area contributed by atoms with Gasteiger partial charge in [-0.3, -0.25) is 4.79 Å². The molecule has 5 nitrogen and oxygen atoms in total. The minimum atomic E-state index is -0.223. The minimum Gasteiger partial charge on any atom is -0.497 e. The highest BCUT2D eigenvalue weighted by atomic mass is 32.2. The number of aromatic nitrogens is 2. The summed E-state index contributed by atoms with van der Waals surface area (Å²) in [7, 11) is 1.63. The molecule has 1 heterocycles. The van der Waals surface area contributed by atoms with Crippen molar-refractivity contribution in [2.45, 2.75) is 58.5 Å². The highest BCUT2D eigenvalue weighted by Crippen LogP contribution is 2.31. The average molecular weight is 390 g/mol. The number of thioether (sulfide) groups is 1. The SMILES string of the molecule is COc1ccc(NC(=O)C(Sc2nc(C)c(C)n2CC(C)C)C(C)C)cc1. The van der Waals surface area contributed by atoms with Gasteiger partial charge in [0.15, 0.2) is 5.16 Å². The Hall–Kier alpha value is -1.95. The lowest BCUT2D eigenvalue weighted by Gasteiger charge is -2.21. The van der Waals surface area contributed by atoms with E-state index >= 15 is 0 Å². The first-order valence-electron chi connectivity index (χ1n) is 9.38. The molecule has 2 rings (SSSR count). The number of rotatable bonds is 8. The van der Waals surface area contributed by atoms with Crippen molar-refractivity contribution in [3.8, 4) is 5.75 Å². The standard InChI is InChI=1S/C21H31N3O2S/c1-13(2)12-24-16(6)15(5)22-21(24)27-19(14(3)4)20(25)23-17-8-10-18(26-7)11-9-17/h8-11,13-14,19H,12H2,1-7H3,(H,23,25). The van der Waals surface area contributed by atoms with Gasteiger partial charge in [-0.2, -0.15) is 0 Å².